The molecule has 0 bridgehead atoms. The molecule has 0 saturated heterocycles. The summed E-state index contributed by atoms with van der Waals surface area (Å²) in [6.07, 6.45) is 2.37. The van der Waals surface area contributed by atoms with Gasteiger partial charge in [-0.15, -0.1) is 0 Å². The number of para-hydroxylation sites is 1. The highest BCUT2D eigenvalue weighted by Crippen LogP contribution is 2.19. The van der Waals surface area contributed by atoms with Gasteiger partial charge in [-0.25, -0.2) is 8.42 Å². The fourth-order valence-corrected chi connectivity index (χ4v) is 4.51. The second-order valence-corrected chi connectivity index (χ2v) is 10.0. The smallest absolute Gasteiger partial charge is 0.242 e. The molecule has 34 heavy (non-hydrogen) atoms. The summed E-state index contributed by atoms with van der Waals surface area (Å²) >= 11 is 0. The molecule has 8 nitrogen and oxygen atoms in total. The maximum Gasteiger partial charge on any atom is 0.242 e. The molecule has 0 saturated carbocycles. The van der Waals surface area contributed by atoms with E-state index in [2.05, 4.69) is 5.32 Å². The van der Waals surface area contributed by atoms with Crippen LogP contribution in [-0.4, -0.2) is 57.6 Å². The molecular weight excluding hydrogens is 454 g/mol. The molecule has 2 rings (SSSR count). The van der Waals surface area contributed by atoms with Gasteiger partial charge in [0.1, 0.15) is 11.8 Å². The first-order valence-electron chi connectivity index (χ1n) is 11.4. The molecule has 0 aliphatic heterocycles. The van der Waals surface area contributed by atoms with Gasteiger partial charge in [-0.05, 0) is 49.6 Å². The molecule has 0 heterocycles. The Bertz CT molecular complexity index is 1040. The van der Waals surface area contributed by atoms with Crippen LogP contribution < -0.4 is 14.4 Å². The number of ether oxygens (including phenoxy) is 1. The number of carbonyl (C=O) groups is 2. The van der Waals surface area contributed by atoms with Crippen molar-refractivity contribution in [2.75, 3.05) is 30.8 Å². The molecule has 0 spiro atoms. The number of carbonyl (C=O) groups excluding carboxylic acids is 2. The molecule has 186 valence electrons. The number of benzene rings is 2. The van der Waals surface area contributed by atoms with Crippen LogP contribution in [0.25, 0.3) is 0 Å². The molecule has 2 aromatic carbocycles. The number of amides is 2. The maximum atomic E-state index is 13.2. The zero-order chi connectivity index (χ0) is 25.1. The molecule has 0 aliphatic carbocycles. The molecule has 9 heteroatoms. The second-order valence-electron chi connectivity index (χ2n) is 8.11. The monoisotopic (exact) mass is 489 g/mol. The zero-order valence-electron chi connectivity index (χ0n) is 20.4. The Morgan fingerprint density at radius 2 is 1.79 bits per heavy atom. The summed E-state index contributed by atoms with van der Waals surface area (Å²) in [5.41, 5.74) is 1.39. The number of anilines is 1. The summed E-state index contributed by atoms with van der Waals surface area (Å²) in [4.78, 5) is 27.4. The number of nitrogens with zero attached hydrogens (tertiary/aromatic N) is 2. The molecule has 0 unspecified atom stereocenters. The lowest BCUT2D eigenvalue weighted by Gasteiger charge is -2.29. The summed E-state index contributed by atoms with van der Waals surface area (Å²) in [5, 5.41) is 2.85. The SMILES string of the molecule is CCCNC(=O)[C@@H](C)N(Cc1cccc(OC)c1)C(=O)CCCN(c1ccccc1)S(C)(=O)=O. The first-order chi connectivity index (χ1) is 16.2. The van der Waals surface area contributed by atoms with Crippen molar-refractivity contribution in [1.82, 2.24) is 10.2 Å². The van der Waals surface area contributed by atoms with E-state index in [0.717, 1.165) is 18.2 Å². The van der Waals surface area contributed by atoms with Crippen molar-refractivity contribution in [3.63, 3.8) is 0 Å². The molecule has 2 aromatic rings. The number of methoxy groups -OCH3 is 1. The van der Waals surface area contributed by atoms with Crippen LogP contribution >= 0.6 is 0 Å². The van der Waals surface area contributed by atoms with Gasteiger partial charge in [-0.2, -0.15) is 0 Å². The minimum Gasteiger partial charge on any atom is -0.497 e. The Morgan fingerprint density at radius 1 is 1.09 bits per heavy atom. The Labute approximate surface area is 202 Å². The van der Waals surface area contributed by atoms with Crippen LogP contribution in [0.1, 0.15) is 38.7 Å². The molecule has 2 amide bonds. The van der Waals surface area contributed by atoms with Gasteiger partial charge in [-0.1, -0.05) is 37.3 Å². The van der Waals surface area contributed by atoms with E-state index >= 15 is 0 Å². The minimum absolute atomic E-state index is 0.105. The number of hydrogen-bond acceptors (Lipinski definition) is 5. The Morgan fingerprint density at radius 3 is 2.41 bits per heavy atom. The quantitative estimate of drug-likeness (QED) is 0.466. The number of sulfonamides is 1. The van der Waals surface area contributed by atoms with E-state index in [1.807, 2.05) is 37.3 Å². The third kappa shape index (κ3) is 8.06. The van der Waals surface area contributed by atoms with E-state index in [4.69, 9.17) is 4.74 Å². The number of rotatable bonds is 13. The largest absolute Gasteiger partial charge is 0.497 e. The fraction of sp³-hybridized carbons (Fsp3) is 0.440. The number of nitrogens with one attached hydrogen (secondary N) is 1. The predicted octanol–water partition coefficient (Wildman–Crippen LogP) is 3.18. The number of hydrogen-bond donors (Lipinski definition) is 1. The highest BCUT2D eigenvalue weighted by molar-refractivity contribution is 7.92. The van der Waals surface area contributed by atoms with Gasteiger partial charge in [0.2, 0.25) is 21.8 Å². The lowest BCUT2D eigenvalue weighted by molar-refractivity contribution is -0.140. The molecule has 1 atom stereocenters. The van der Waals surface area contributed by atoms with E-state index in [0.29, 0.717) is 24.4 Å². The van der Waals surface area contributed by atoms with Gasteiger partial charge < -0.3 is 15.0 Å². The van der Waals surface area contributed by atoms with E-state index in [1.165, 1.54) is 9.21 Å². The lowest BCUT2D eigenvalue weighted by Crippen LogP contribution is -2.47. The lowest BCUT2D eigenvalue weighted by atomic mass is 10.1. The normalized spacial score (nSPS) is 12.0. The first-order valence-corrected chi connectivity index (χ1v) is 13.2. The highest BCUT2D eigenvalue weighted by atomic mass is 32.2. The molecule has 0 aliphatic rings. The van der Waals surface area contributed by atoms with E-state index < -0.39 is 16.1 Å². The topological polar surface area (TPSA) is 96.0 Å². The van der Waals surface area contributed by atoms with Gasteiger partial charge in [0.05, 0.1) is 19.1 Å². The van der Waals surface area contributed by atoms with E-state index in [-0.39, 0.29) is 31.3 Å². The molecule has 0 fully saturated rings. The Balaban J connectivity index is 2.15. The van der Waals surface area contributed by atoms with Crippen molar-refractivity contribution in [3.8, 4) is 5.75 Å². The van der Waals surface area contributed by atoms with E-state index in [1.54, 1.807) is 38.3 Å². The van der Waals surface area contributed by atoms with Crippen LogP contribution in [-0.2, 0) is 26.2 Å². The van der Waals surface area contributed by atoms with Gasteiger partial charge in [-0.3, -0.25) is 13.9 Å². The average molecular weight is 490 g/mol. The van der Waals surface area contributed by atoms with Gasteiger partial charge in [0.15, 0.2) is 0 Å². The molecule has 1 N–H and O–H groups in total. The highest BCUT2D eigenvalue weighted by Gasteiger charge is 2.26. The summed E-state index contributed by atoms with van der Waals surface area (Å²) < 4.78 is 31.2. The standard InChI is InChI=1S/C25H35N3O5S/c1-5-16-26-25(30)20(2)27(19-21-11-9-14-23(18-21)33-3)24(29)15-10-17-28(34(4,31)32)22-12-7-6-8-13-22/h6-9,11-14,18,20H,5,10,15-17,19H2,1-4H3,(H,26,30)/t20-/m1/s1. The van der Waals surface area contributed by atoms with Crippen molar-refractivity contribution in [2.45, 2.75) is 45.7 Å². The van der Waals surface area contributed by atoms with Crippen molar-refractivity contribution in [1.29, 1.82) is 0 Å². The van der Waals surface area contributed by atoms with E-state index in [9.17, 15) is 18.0 Å². The second kappa shape index (κ2) is 13.0. The predicted molar refractivity (Wildman–Crippen MR) is 134 cm³/mol. The third-order valence-electron chi connectivity index (χ3n) is 5.40. The molecular formula is C25H35N3O5S. The van der Waals surface area contributed by atoms with Crippen molar-refractivity contribution in [2.24, 2.45) is 0 Å². The van der Waals surface area contributed by atoms with Crippen LogP contribution in [0.2, 0.25) is 0 Å². The minimum atomic E-state index is -3.50. The van der Waals surface area contributed by atoms with Crippen LogP contribution in [0.15, 0.2) is 54.6 Å². The Kier molecular flexibility index (Phi) is 10.4. The van der Waals surface area contributed by atoms with Gasteiger partial charge in [0.25, 0.3) is 0 Å². The molecule has 0 aromatic heterocycles. The third-order valence-corrected chi connectivity index (χ3v) is 6.59. The van der Waals surface area contributed by atoms with Crippen LogP contribution in [0, 0.1) is 0 Å². The maximum absolute atomic E-state index is 13.2. The van der Waals surface area contributed by atoms with Crippen LogP contribution in [0.4, 0.5) is 5.69 Å². The summed E-state index contributed by atoms with van der Waals surface area (Å²) in [7, 11) is -1.93. The van der Waals surface area contributed by atoms with Gasteiger partial charge in [0, 0.05) is 26.1 Å². The van der Waals surface area contributed by atoms with Crippen molar-refractivity contribution < 1.29 is 22.7 Å². The van der Waals surface area contributed by atoms with Crippen LogP contribution in [0.5, 0.6) is 5.75 Å². The van der Waals surface area contributed by atoms with Crippen molar-refractivity contribution in [3.05, 3.63) is 60.2 Å². The van der Waals surface area contributed by atoms with Gasteiger partial charge >= 0.3 is 0 Å². The summed E-state index contributed by atoms with van der Waals surface area (Å²) in [6.45, 7) is 4.61. The molecule has 0 radical (unpaired) electrons. The van der Waals surface area contributed by atoms with Crippen molar-refractivity contribution >= 4 is 27.5 Å². The van der Waals surface area contributed by atoms with Crippen LogP contribution in [0.3, 0.4) is 0 Å². The average Bonchev–Trinajstić information content (AvgIpc) is 2.83. The summed E-state index contributed by atoms with van der Waals surface area (Å²) in [5.74, 6) is 0.225. The zero-order valence-corrected chi connectivity index (χ0v) is 21.2. The first kappa shape index (κ1) is 27.2. The Hall–Kier alpha value is -3.07. The fourth-order valence-electron chi connectivity index (χ4n) is 3.54. The summed E-state index contributed by atoms with van der Waals surface area (Å²) in [6, 6.07) is 15.5.